The van der Waals surface area contributed by atoms with Crippen molar-refractivity contribution in [2.45, 2.75) is 39.2 Å². The van der Waals surface area contributed by atoms with Crippen LogP contribution in [-0.4, -0.2) is 26.8 Å². The van der Waals surface area contributed by atoms with E-state index in [1.807, 2.05) is 92.7 Å². The lowest BCUT2D eigenvalue weighted by Crippen LogP contribution is -2.34. The molecular weight excluding hydrogens is 448 g/mol. The molecule has 0 N–H and O–H groups in total. The van der Waals surface area contributed by atoms with E-state index in [2.05, 4.69) is 4.57 Å². The smallest absolute Gasteiger partial charge is 0.296 e. The second kappa shape index (κ2) is 8.79. The summed E-state index contributed by atoms with van der Waals surface area (Å²) in [5.74, 6) is -0.217. The molecule has 5 aromatic rings. The average Bonchev–Trinajstić information content (AvgIpc) is 3.21. The Bertz CT molecular complexity index is 1640. The number of amides is 1. The molecule has 0 saturated heterocycles. The average molecular weight is 477 g/mol. The van der Waals surface area contributed by atoms with E-state index in [0.29, 0.717) is 28.8 Å². The zero-order valence-electron chi connectivity index (χ0n) is 20.5. The normalized spacial score (nSPS) is 13.7. The minimum absolute atomic E-state index is 0.198. The van der Waals surface area contributed by atoms with Gasteiger partial charge in [0.25, 0.3) is 11.5 Å². The summed E-state index contributed by atoms with van der Waals surface area (Å²) in [4.78, 5) is 30.0. The van der Waals surface area contributed by atoms with Crippen molar-refractivity contribution >= 4 is 33.4 Å². The lowest BCUT2D eigenvalue weighted by atomic mass is 9.92. The lowest BCUT2D eigenvalue weighted by Gasteiger charge is -2.29. The minimum Gasteiger partial charge on any atom is -0.333 e. The van der Waals surface area contributed by atoms with Gasteiger partial charge in [0.05, 0.1) is 5.69 Å². The Kier molecular flexibility index (Phi) is 5.44. The van der Waals surface area contributed by atoms with Crippen LogP contribution in [0.2, 0.25) is 0 Å². The van der Waals surface area contributed by atoms with E-state index in [9.17, 15) is 9.59 Å². The predicted molar refractivity (Wildman–Crippen MR) is 144 cm³/mol. The molecule has 36 heavy (non-hydrogen) atoms. The van der Waals surface area contributed by atoms with E-state index in [-0.39, 0.29) is 17.5 Å². The van der Waals surface area contributed by atoms with Crippen LogP contribution in [0, 0.1) is 6.92 Å². The minimum atomic E-state index is -0.217. The number of anilines is 1. The summed E-state index contributed by atoms with van der Waals surface area (Å²) in [6.45, 7) is 4.44. The Labute approximate surface area is 209 Å². The number of fused-ring (bicyclic) bond motifs is 3. The molecule has 3 aromatic carbocycles. The third-order valence-electron chi connectivity index (χ3n) is 7.29. The Hall–Kier alpha value is -4.19. The zero-order valence-corrected chi connectivity index (χ0v) is 20.5. The maximum absolute atomic E-state index is 14.2. The molecule has 2 heterocycles. The highest BCUT2D eigenvalue weighted by molar-refractivity contribution is 6.20. The van der Waals surface area contributed by atoms with Gasteiger partial charge in [-0.2, -0.15) is 9.78 Å². The van der Waals surface area contributed by atoms with E-state index < -0.39 is 0 Å². The van der Waals surface area contributed by atoms with Crippen LogP contribution in [0.5, 0.6) is 0 Å². The van der Waals surface area contributed by atoms with Gasteiger partial charge >= 0.3 is 0 Å². The second-order valence-electron chi connectivity index (χ2n) is 9.48. The van der Waals surface area contributed by atoms with Crippen molar-refractivity contribution in [2.75, 3.05) is 11.4 Å². The number of carbonyl (C=O) groups is 1. The third-order valence-corrected chi connectivity index (χ3v) is 7.29. The second-order valence-corrected chi connectivity index (χ2v) is 9.48. The van der Waals surface area contributed by atoms with Gasteiger partial charge in [-0.1, -0.05) is 54.1 Å². The molecule has 6 rings (SSSR count). The molecule has 0 bridgehead atoms. The number of para-hydroxylation sites is 2. The molecule has 6 heteroatoms. The Balaban J connectivity index is 1.70. The van der Waals surface area contributed by atoms with Gasteiger partial charge in [-0.05, 0) is 63.4 Å². The molecule has 2 aromatic heterocycles. The fourth-order valence-corrected chi connectivity index (χ4v) is 5.22. The van der Waals surface area contributed by atoms with Crippen LogP contribution < -0.4 is 10.5 Å². The van der Waals surface area contributed by atoms with E-state index in [4.69, 9.17) is 5.10 Å². The van der Waals surface area contributed by atoms with Crippen LogP contribution in [0.1, 0.15) is 48.3 Å². The van der Waals surface area contributed by atoms with E-state index in [1.165, 1.54) is 4.68 Å². The summed E-state index contributed by atoms with van der Waals surface area (Å²) in [6.07, 6.45) is 3.18. The van der Waals surface area contributed by atoms with Crippen molar-refractivity contribution in [3.05, 3.63) is 100 Å². The van der Waals surface area contributed by atoms with Gasteiger partial charge in [-0.15, -0.1) is 0 Å². The first kappa shape index (κ1) is 22.3. The van der Waals surface area contributed by atoms with Crippen LogP contribution >= 0.6 is 0 Å². The fourth-order valence-electron chi connectivity index (χ4n) is 5.22. The van der Waals surface area contributed by atoms with Gasteiger partial charge in [0.15, 0.2) is 5.69 Å². The number of aromatic nitrogens is 3. The number of benzene rings is 3. The molecule has 1 aliphatic carbocycles. The van der Waals surface area contributed by atoms with Gasteiger partial charge in [0, 0.05) is 34.6 Å². The highest BCUT2D eigenvalue weighted by atomic mass is 16.2. The first-order valence-corrected chi connectivity index (χ1v) is 12.6. The number of nitrogens with zero attached hydrogens (tertiary/aromatic N) is 4. The SMILES string of the molecule is CCN(C(=O)c1nn(-c2ccc(C)cc2)c(=O)c2c1c1ccccc1n2C1CCC1)c1ccccc1. The topological polar surface area (TPSA) is 60.1 Å². The number of carbonyl (C=O) groups excluding carboxylic acids is 1. The number of hydrogen-bond acceptors (Lipinski definition) is 3. The largest absolute Gasteiger partial charge is 0.333 e. The van der Waals surface area contributed by atoms with Crippen molar-refractivity contribution in [3.8, 4) is 5.69 Å². The van der Waals surface area contributed by atoms with E-state index in [0.717, 1.165) is 41.4 Å². The molecule has 0 unspecified atom stereocenters. The van der Waals surface area contributed by atoms with Crippen molar-refractivity contribution in [3.63, 3.8) is 0 Å². The highest BCUT2D eigenvalue weighted by Gasteiger charge is 2.31. The number of hydrogen-bond donors (Lipinski definition) is 0. The number of rotatable bonds is 5. The van der Waals surface area contributed by atoms with E-state index in [1.54, 1.807) is 4.90 Å². The molecule has 1 amide bonds. The lowest BCUT2D eigenvalue weighted by molar-refractivity contribution is 0.0983. The van der Waals surface area contributed by atoms with Gasteiger partial charge in [-0.25, -0.2) is 0 Å². The van der Waals surface area contributed by atoms with Crippen molar-refractivity contribution in [2.24, 2.45) is 0 Å². The highest BCUT2D eigenvalue weighted by Crippen LogP contribution is 2.40. The molecule has 0 radical (unpaired) electrons. The van der Waals surface area contributed by atoms with Crippen molar-refractivity contribution in [1.82, 2.24) is 14.3 Å². The molecule has 180 valence electrons. The van der Waals surface area contributed by atoms with Crippen LogP contribution in [0.3, 0.4) is 0 Å². The fraction of sp³-hybridized carbons (Fsp3) is 0.233. The summed E-state index contributed by atoms with van der Waals surface area (Å²) in [6, 6.07) is 25.5. The summed E-state index contributed by atoms with van der Waals surface area (Å²) >= 11 is 0. The zero-order chi connectivity index (χ0) is 24.8. The van der Waals surface area contributed by atoms with Gasteiger partial charge in [0.2, 0.25) is 0 Å². The van der Waals surface area contributed by atoms with Gasteiger partial charge in [-0.3, -0.25) is 9.59 Å². The molecule has 0 spiro atoms. The summed E-state index contributed by atoms with van der Waals surface area (Å²) < 4.78 is 3.57. The monoisotopic (exact) mass is 476 g/mol. The number of aryl methyl sites for hydroxylation is 1. The van der Waals surface area contributed by atoms with Crippen LogP contribution in [0.25, 0.3) is 27.5 Å². The molecule has 0 aliphatic heterocycles. The Morgan fingerprint density at radius 3 is 2.33 bits per heavy atom. The summed E-state index contributed by atoms with van der Waals surface area (Å²) in [5, 5.41) is 6.30. The molecule has 6 nitrogen and oxygen atoms in total. The first-order chi connectivity index (χ1) is 17.6. The Morgan fingerprint density at radius 2 is 1.67 bits per heavy atom. The molecule has 1 fully saturated rings. The van der Waals surface area contributed by atoms with E-state index >= 15 is 0 Å². The third kappa shape index (κ3) is 3.44. The summed E-state index contributed by atoms with van der Waals surface area (Å²) in [7, 11) is 0. The van der Waals surface area contributed by atoms with Crippen LogP contribution in [0.4, 0.5) is 5.69 Å². The molecule has 1 aliphatic rings. The van der Waals surface area contributed by atoms with Crippen LogP contribution in [0.15, 0.2) is 83.7 Å². The molecule has 0 atom stereocenters. The quantitative estimate of drug-likeness (QED) is 0.311. The maximum Gasteiger partial charge on any atom is 0.296 e. The van der Waals surface area contributed by atoms with Crippen LogP contribution in [-0.2, 0) is 0 Å². The summed E-state index contributed by atoms with van der Waals surface area (Å²) in [5.41, 5.74) is 4.18. The predicted octanol–water partition coefficient (Wildman–Crippen LogP) is 6.04. The van der Waals surface area contributed by atoms with Crippen molar-refractivity contribution in [1.29, 1.82) is 0 Å². The van der Waals surface area contributed by atoms with Crippen molar-refractivity contribution < 1.29 is 4.79 Å². The Morgan fingerprint density at radius 1 is 0.972 bits per heavy atom. The first-order valence-electron chi connectivity index (χ1n) is 12.6. The van der Waals surface area contributed by atoms with Gasteiger partial charge < -0.3 is 9.47 Å². The molecular formula is C30H28N4O2. The maximum atomic E-state index is 14.2. The van der Waals surface area contributed by atoms with Gasteiger partial charge in [0.1, 0.15) is 5.52 Å². The molecule has 1 saturated carbocycles. The standard InChI is InChI=1S/C30H28N4O2/c1-3-32(21-10-5-4-6-11-21)29(35)27-26-24-14-7-8-15-25(24)33(22-12-9-13-22)28(26)30(36)34(31-27)23-18-16-20(2)17-19-23/h4-8,10-11,14-19,22H,3,9,12-13H2,1-2H3.